The van der Waals surface area contributed by atoms with Crippen molar-refractivity contribution in [2.45, 2.75) is 0 Å². The normalized spacial score (nSPS) is 11.7. The largest absolute Gasteiger partial charge is 0.381 e. The summed E-state index contributed by atoms with van der Waals surface area (Å²) in [5, 5.41) is 4.15. The molecule has 0 aliphatic rings. The van der Waals surface area contributed by atoms with Gasteiger partial charge in [-0.2, -0.15) is 0 Å². The molecule has 0 bridgehead atoms. The highest BCUT2D eigenvalue weighted by Gasteiger charge is 2.36. The minimum absolute atomic E-state index is 0.626. The first-order valence-corrected chi connectivity index (χ1v) is 10.3. The Kier molecular flexibility index (Phi) is 5.42. The van der Waals surface area contributed by atoms with Gasteiger partial charge in [-0.05, 0) is 15.6 Å². The average Bonchev–Trinajstić information content (AvgIpc) is 2.68. The Bertz CT molecular complexity index is 670. The summed E-state index contributed by atoms with van der Waals surface area (Å²) in [6, 6.07) is 32.6. The maximum atomic E-state index is 5.28. The molecule has 1 nitrogen and oxygen atoms in total. The van der Waals surface area contributed by atoms with Crippen molar-refractivity contribution in [1.29, 1.82) is 0 Å². The fraction of sp³-hybridized carbons (Fsp3) is 0.0909. The van der Waals surface area contributed by atoms with E-state index >= 15 is 0 Å². The van der Waals surface area contributed by atoms with Gasteiger partial charge in [0.15, 0.2) is 8.07 Å². The lowest BCUT2D eigenvalue weighted by molar-refractivity contribution is 0.234. The van der Waals surface area contributed by atoms with E-state index in [-0.39, 0.29) is 0 Å². The highest BCUT2D eigenvalue weighted by Crippen LogP contribution is 2.09. The molecule has 0 amide bonds. The third kappa shape index (κ3) is 3.25. The van der Waals surface area contributed by atoms with Crippen LogP contribution in [0.4, 0.5) is 0 Å². The summed E-state index contributed by atoms with van der Waals surface area (Å²) in [5.74, 6) is 0. The van der Waals surface area contributed by atoms with Crippen molar-refractivity contribution in [3.05, 3.63) is 103 Å². The van der Waals surface area contributed by atoms with Crippen molar-refractivity contribution in [3.8, 4) is 0 Å². The molecule has 0 aliphatic carbocycles. The molecular formula is C22H22OSi. The van der Waals surface area contributed by atoms with Crippen LogP contribution in [-0.2, 0) is 4.74 Å². The lowest BCUT2D eigenvalue weighted by Gasteiger charge is -2.30. The van der Waals surface area contributed by atoms with Crippen molar-refractivity contribution < 1.29 is 4.74 Å². The predicted octanol–water partition coefficient (Wildman–Crippen LogP) is 2.90. The standard InChI is InChI=1S/C22H22OSi/c1-23-18-11-19-24(20-12-5-2-6-13-20,21-14-7-3-8-15-21)22-16-9-4-10-17-22/h2-17,19H,18H2,1H3/b19-11+. The maximum absolute atomic E-state index is 5.28. The molecule has 0 saturated carbocycles. The fourth-order valence-corrected chi connectivity index (χ4v) is 7.39. The quantitative estimate of drug-likeness (QED) is 0.499. The van der Waals surface area contributed by atoms with Crippen LogP contribution in [0.2, 0.25) is 0 Å². The van der Waals surface area contributed by atoms with Gasteiger partial charge in [0, 0.05) is 7.11 Å². The van der Waals surface area contributed by atoms with E-state index in [1.54, 1.807) is 7.11 Å². The molecule has 2 heteroatoms. The van der Waals surface area contributed by atoms with Gasteiger partial charge in [0.2, 0.25) is 0 Å². The molecule has 0 saturated heterocycles. The molecule has 24 heavy (non-hydrogen) atoms. The molecule has 0 atom stereocenters. The Morgan fingerprint density at radius 2 is 1.04 bits per heavy atom. The Balaban J connectivity index is 2.28. The lowest BCUT2D eigenvalue weighted by atomic mass is 10.3. The second-order valence-electron chi connectivity index (χ2n) is 5.76. The second kappa shape index (κ2) is 7.91. The second-order valence-corrected chi connectivity index (χ2v) is 9.45. The molecule has 3 rings (SSSR count). The van der Waals surface area contributed by atoms with Crippen LogP contribution >= 0.6 is 0 Å². The minimum Gasteiger partial charge on any atom is -0.381 e. The van der Waals surface area contributed by atoms with Crippen LogP contribution in [0.1, 0.15) is 0 Å². The number of benzene rings is 3. The molecule has 3 aromatic carbocycles. The first-order valence-electron chi connectivity index (χ1n) is 8.21. The molecule has 0 unspecified atom stereocenters. The van der Waals surface area contributed by atoms with Crippen LogP contribution in [-0.4, -0.2) is 21.8 Å². The monoisotopic (exact) mass is 330 g/mol. The molecule has 0 aromatic heterocycles. The van der Waals surface area contributed by atoms with Gasteiger partial charge in [-0.25, -0.2) is 0 Å². The van der Waals surface area contributed by atoms with Gasteiger partial charge in [-0.3, -0.25) is 0 Å². The Hall–Kier alpha value is -2.42. The first-order chi connectivity index (χ1) is 11.9. The number of hydrogen-bond donors (Lipinski definition) is 0. The van der Waals surface area contributed by atoms with Crippen LogP contribution in [0.15, 0.2) is 103 Å². The van der Waals surface area contributed by atoms with Crippen molar-refractivity contribution in [1.82, 2.24) is 0 Å². The van der Waals surface area contributed by atoms with E-state index in [9.17, 15) is 0 Å². The number of hydrogen-bond acceptors (Lipinski definition) is 1. The molecular weight excluding hydrogens is 308 g/mol. The fourth-order valence-electron chi connectivity index (χ4n) is 3.21. The molecule has 120 valence electrons. The van der Waals surface area contributed by atoms with Crippen LogP contribution in [0.25, 0.3) is 0 Å². The van der Waals surface area contributed by atoms with Gasteiger partial charge in [0.1, 0.15) is 0 Å². The van der Waals surface area contributed by atoms with Gasteiger partial charge in [0.25, 0.3) is 0 Å². The van der Waals surface area contributed by atoms with Crippen LogP contribution in [0.3, 0.4) is 0 Å². The number of ether oxygens (including phenoxy) is 1. The topological polar surface area (TPSA) is 9.23 Å². The molecule has 3 aromatic rings. The summed E-state index contributed by atoms with van der Waals surface area (Å²) in [6.07, 6.45) is 2.17. The van der Waals surface area contributed by atoms with Crippen molar-refractivity contribution in [2.75, 3.05) is 13.7 Å². The lowest BCUT2D eigenvalue weighted by Crippen LogP contribution is -2.66. The Morgan fingerprint density at radius 3 is 1.38 bits per heavy atom. The zero-order chi connectivity index (χ0) is 16.7. The van der Waals surface area contributed by atoms with Crippen molar-refractivity contribution in [2.24, 2.45) is 0 Å². The molecule has 0 heterocycles. The third-order valence-corrected chi connectivity index (χ3v) is 8.79. The minimum atomic E-state index is -2.22. The highest BCUT2D eigenvalue weighted by molar-refractivity contribution is 7.14. The smallest absolute Gasteiger partial charge is 0.172 e. The van der Waals surface area contributed by atoms with E-state index in [1.807, 2.05) is 0 Å². The molecule has 0 spiro atoms. The van der Waals surface area contributed by atoms with Gasteiger partial charge in [-0.15, -0.1) is 0 Å². The van der Waals surface area contributed by atoms with E-state index in [0.29, 0.717) is 6.61 Å². The Labute approximate surface area is 145 Å². The summed E-state index contributed by atoms with van der Waals surface area (Å²) >= 11 is 0. The van der Waals surface area contributed by atoms with Crippen molar-refractivity contribution in [3.63, 3.8) is 0 Å². The summed E-state index contributed by atoms with van der Waals surface area (Å²) in [5.41, 5.74) is 2.40. The molecule has 0 aliphatic heterocycles. The van der Waals surface area contributed by atoms with E-state index in [1.165, 1.54) is 15.6 Å². The predicted molar refractivity (Wildman–Crippen MR) is 105 cm³/mol. The van der Waals surface area contributed by atoms with Crippen LogP contribution < -0.4 is 15.6 Å². The molecule has 0 radical (unpaired) electrons. The molecule has 0 N–H and O–H groups in total. The summed E-state index contributed by atoms with van der Waals surface area (Å²) in [4.78, 5) is 0. The molecule has 0 fully saturated rings. The summed E-state index contributed by atoms with van der Waals surface area (Å²) in [6.45, 7) is 0.626. The van der Waals surface area contributed by atoms with E-state index in [4.69, 9.17) is 4.74 Å². The van der Waals surface area contributed by atoms with Crippen LogP contribution in [0.5, 0.6) is 0 Å². The van der Waals surface area contributed by atoms with E-state index in [2.05, 4.69) is 103 Å². The summed E-state index contributed by atoms with van der Waals surface area (Å²) in [7, 11) is -0.484. The summed E-state index contributed by atoms with van der Waals surface area (Å²) < 4.78 is 5.28. The van der Waals surface area contributed by atoms with Gasteiger partial charge >= 0.3 is 0 Å². The van der Waals surface area contributed by atoms with E-state index < -0.39 is 8.07 Å². The van der Waals surface area contributed by atoms with E-state index in [0.717, 1.165) is 0 Å². The highest BCUT2D eigenvalue weighted by atomic mass is 28.3. The third-order valence-electron chi connectivity index (χ3n) is 4.32. The Morgan fingerprint density at radius 1 is 0.667 bits per heavy atom. The van der Waals surface area contributed by atoms with Gasteiger partial charge < -0.3 is 4.74 Å². The number of rotatable bonds is 6. The van der Waals surface area contributed by atoms with Crippen molar-refractivity contribution >= 4 is 23.6 Å². The maximum Gasteiger partial charge on any atom is 0.172 e. The SMILES string of the molecule is COC/C=C/[Si](c1ccccc1)(c1ccccc1)c1ccccc1. The van der Waals surface area contributed by atoms with Gasteiger partial charge in [-0.1, -0.05) is 103 Å². The average molecular weight is 331 g/mol. The first kappa shape index (κ1) is 16.4. The number of methoxy groups -OCH3 is 1. The van der Waals surface area contributed by atoms with Crippen LogP contribution in [0, 0.1) is 0 Å². The zero-order valence-electron chi connectivity index (χ0n) is 13.9. The van der Waals surface area contributed by atoms with Gasteiger partial charge in [0.05, 0.1) is 6.61 Å². The zero-order valence-corrected chi connectivity index (χ0v) is 14.9.